The molecule has 3 rings (SSSR count). The van der Waals surface area contributed by atoms with Crippen LogP contribution in [0.1, 0.15) is 16.1 Å². The predicted molar refractivity (Wildman–Crippen MR) is 95.2 cm³/mol. The molecule has 0 spiro atoms. The molecule has 0 saturated heterocycles. The van der Waals surface area contributed by atoms with Gasteiger partial charge in [-0.3, -0.25) is 9.59 Å². The molecular formula is C16H13Cl2N5O2. The normalized spacial score (nSPS) is 10.7. The lowest BCUT2D eigenvalue weighted by Gasteiger charge is -2.10. The molecule has 0 bridgehead atoms. The van der Waals surface area contributed by atoms with Crippen molar-refractivity contribution in [3.8, 4) is 0 Å². The van der Waals surface area contributed by atoms with Gasteiger partial charge in [-0.25, -0.2) is 9.36 Å². The van der Waals surface area contributed by atoms with Crippen molar-refractivity contribution >= 4 is 34.9 Å². The van der Waals surface area contributed by atoms with Crippen LogP contribution in [0.4, 0.5) is 5.82 Å². The number of nitrogens with one attached hydrogen (secondary N) is 1. The third-order valence-corrected chi connectivity index (χ3v) is 4.07. The van der Waals surface area contributed by atoms with Crippen molar-refractivity contribution in [1.29, 1.82) is 0 Å². The topological polar surface area (TPSA) is 81.8 Å². The zero-order valence-electron chi connectivity index (χ0n) is 13.1. The first-order valence-electron chi connectivity index (χ1n) is 7.25. The molecule has 0 atom stereocenters. The first-order valence-corrected chi connectivity index (χ1v) is 8.01. The Morgan fingerprint density at radius 1 is 1.20 bits per heavy atom. The summed E-state index contributed by atoms with van der Waals surface area (Å²) in [5, 5.41) is 11.9. The SMILES string of the molecule is Cn1nc(C(=O)Nc2ccnn2Cc2ccc(Cl)cc2Cl)ccc1=O. The standard InChI is InChI=1S/C16H13Cl2N5O2/c1-22-15(24)5-4-13(21-22)16(25)20-14-6-7-19-23(14)9-10-2-3-11(17)8-12(10)18/h2-8H,9H2,1H3,(H,20,25). The monoisotopic (exact) mass is 377 g/mol. The number of amides is 1. The summed E-state index contributed by atoms with van der Waals surface area (Å²) in [6.45, 7) is 0.360. The number of nitrogens with zero attached hydrogens (tertiary/aromatic N) is 4. The van der Waals surface area contributed by atoms with Crippen LogP contribution >= 0.6 is 23.2 Å². The molecule has 128 valence electrons. The van der Waals surface area contributed by atoms with E-state index in [2.05, 4.69) is 15.5 Å². The second-order valence-electron chi connectivity index (χ2n) is 5.24. The lowest BCUT2D eigenvalue weighted by atomic mass is 10.2. The van der Waals surface area contributed by atoms with Crippen LogP contribution in [0, 0.1) is 0 Å². The number of aromatic nitrogens is 4. The molecule has 0 radical (unpaired) electrons. The Labute approximate surface area is 152 Å². The van der Waals surface area contributed by atoms with Crippen LogP contribution in [-0.4, -0.2) is 25.5 Å². The molecule has 0 aliphatic carbocycles. The van der Waals surface area contributed by atoms with E-state index < -0.39 is 5.91 Å². The molecular weight excluding hydrogens is 365 g/mol. The van der Waals surface area contributed by atoms with Gasteiger partial charge < -0.3 is 5.32 Å². The van der Waals surface area contributed by atoms with Gasteiger partial charge in [-0.05, 0) is 23.8 Å². The van der Waals surface area contributed by atoms with E-state index in [0.29, 0.717) is 22.4 Å². The van der Waals surface area contributed by atoms with Gasteiger partial charge in [-0.15, -0.1) is 0 Å². The van der Waals surface area contributed by atoms with E-state index in [1.807, 2.05) is 0 Å². The summed E-state index contributed by atoms with van der Waals surface area (Å²) in [6.07, 6.45) is 1.56. The predicted octanol–water partition coefficient (Wildman–Crippen LogP) is 2.58. The van der Waals surface area contributed by atoms with Crippen LogP contribution in [0.5, 0.6) is 0 Å². The maximum Gasteiger partial charge on any atom is 0.277 e. The summed E-state index contributed by atoms with van der Waals surface area (Å²) >= 11 is 12.1. The molecule has 2 aromatic heterocycles. The van der Waals surface area contributed by atoms with Crippen molar-refractivity contribution < 1.29 is 4.79 Å². The minimum Gasteiger partial charge on any atom is -0.305 e. The van der Waals surface area contributed by atoms with Crippen molar-refractivity contribution in [1.82, 2.24) is 19.6 Å². The molecule has 0 unspecified atom stereocenters. The third kappa shape index (κ3) is 3.89. The highest BCUT2D eigenvalue weighted by atomic mass is 35.5. The summed E-state index contributed by atoms with van der Waals surface area (Å²) in [5.74, 6) is 0.0335. The van der Waals surface area contributed by atoms with E-state index >= 15 is 0 Å². The lowest BCUT2D eigenvalue weighted by Crippen LogP contribution is -2.24. The first kappa shape index (κ1) is 17.2. The van der Waals surface area contributed by atoms with E-state index in [1.165, 1.54) is 19.2 Å². The molecule has 7 nitrogen and oxygen atoms in total. The van der Waals surface area contributed by atoms with Gasteiger partial charge in [0.25, 0.3) is 11.5 Å². The van der Waals surface area contributed by atoms with Gasteiger partial charge in [-0.1, -0.05) is 29.3 Å². The molecule has 25 heavy (non-hydrogen) atoms. The van der Waals surface area contributed by atoms with Gasteiger partial charge >= 0.3 is 0 Å². The molecule has 1 N–H and O–H groups in total. The minimum absolute atomic E-state index is 0.124. The number of carbonyl (C=O) groups is 1. The molecule has 1 amide bonds. The largest absolute Gasteiger partial charge is 0.305 e. The average Bonchev–Trinajstić information content (AvgIpc) is 2.99. The van der Waals surface area contributed by atoms with Gasteiger partial charge in [0.05, 0.1) is 12.7 Å². The number of hydrogen-bond donors (Lipinski definition) is 1. The van der Waals surface area contributed by atoms with Gasteiger partial charge in [0.1, 0.15) is 11.5 Å². The van der Waals surface area contributed by atoms with Crippen LogP contribution in [0.2, 0.25) is 10.0 Å². The van der Waals surface area contributed by atoms with E-state index in [-0.39, 0.29) is 11.3 Å². The minimum atomic E-state index is -0.445. The first-order chi connectivity index (χ1) is 11.9. The molecule has 1 aromatic carbocycles. The zero-order valence-corrected chi connectivity index (χ0v) is 14.6. The molecule has 0 fully saturated rings. The summed E-state index contributed by atoms with van der Waals surface area (Å²) in [6, 6.07) is 9.49. The van der Waals surface area contributed by atoms with Crippen molar-refractivity contribution in [3.63, 3.8) is 0 Å². The second-order valence-corrected chi connectivity index (χ2v) is 6.09. The average molecular weight is 378 g/mol. The van der Waals surface area contributed by atoms with Gasteiger partial charge in [-0.2, -0.15) is 10.2 Å². The highest BCUT2D eigenvalue weighted by Gasteiger charge is 2.13. The Balaban J connectivity index is 1.80. The third-order valence-electron chi connectivity index (χ3n) is 3.49. The molecule has 2 heterocycles. The molecule has 0 aliphatic heterocycles. The Morgan fingerprint density at radius 3 is 2.72 bits per heavy atom. The Bertz CT molecular complexity index is 996. The van der Waals surface area contributed by atoms with Crippen molar-refractivity contribution in [2.45, 2.75) is 6.54 Å². The maximum atomic E-state index is 12.3. The summed E-state index contributed by atoms with van der Waals surface area (Å²) in [5.41, 5.74) is 0.642. The number of carbonyl (C=O) groups excluding carboxylic acids is 1. The zero-order chi connectivity index (χ0) is 18.0. The van der Waals surface area contributed by atoms with Crippen molar-refractivity contribution in [3.05, 3.63) is 74.3 Å². The summed E-state index contributed by atoms with van der Waals surface area (Å²) in [7, 11) is 1.48. The molecule has 3 aromatic rings. The molecule has 9 heteroatoms. The highest BCUT2D eigenvalue weighted by molar-refractivity contribution is 6.35. The van der Waals surface area contributed by atoms with Crippen LogP contribution in [0.15, 0.2) is 47.4 Å². The van der Waals surface area contributed by atoms with Gasteiger partial charge in [0.2, 0.25) is 0 Å². The molecule has 0 aliphatic rings. The fraction of sp³-hybridized carbons (Fsp3) is 0.125. The lowest BCUT2D eigenvalue weighted by molar-refractivity contribution is 0.101. The number of hydrogen-bond acceptors (Lipinski definition) is 4. The summed E-state index contributed by atoms with van der Waals surface area (Å²) in [4.78, 5) is 23.7. The summed E-state index contributed by atoms with van der Waals surface area (Å²) < 4.78 is 2.69. The fourth-order valence-electron chi connectivity index (χ4n) is 2.18. The van der Waals surface area contributed by atoms with E-state index in [9.17, 15) is 9.59 Å². The van der Waals surface area contributed by atoms with Crippen molar-refractivity contribution in [2.24, 2.45) is 7.05 Å². The van der Waals surface area contributed by atoms with E-state index in [4.69, 9.17) is 23.2 Å². The second kappa shape index (κ2) is 7.08. The van der Waals surface area contributed by atoms with Crippen LogP contribution < -0.4 is 10.9 Å². The quantitative estimate of drug-likeness (QED) is 0.757. The van der Waals surface area contributed by atoms with Gasteiger partial charge in [0, 0.05) is 29.2 Å². The Kier molecular flexibility index (Phi) is 4.87. The van der Waals surface area contributed by atoms with Crippen LogP contribution in [-0.2, 0) is 13.6 Å². The maximum absolute atomic E-state index is 12.3. The molecule has 0 saturated carbocycles. The van der Waals surface area contributed by atoms with Crippen LogP contribution in [0.25, 0.3) is 0 Å². The number of benzene rings is 1. The number of anilines is 1. The fourth-order valence-corrected chi connectivity index (χ4v) is 2.65. The Morgan fingerprint density at radius 2 is 2.00 bits per heavy atom. The number of halogens is 2. The smallest absolute Gasteiger partial charge is 0.277 e. The van der Waals surface area contributed by atoms with Gasteiger partial charge in [0.15, 0.2) is 0 Å². The number of rotatable bonds is 4. The Hall–Kier alpha value is -2.64. The highest BCUT2D eigenvalue weighted by Crippen LogP contribution is 2.22. The van der Waals surface area contributed by atoms with Crippen LogP contribution in [0.3, 0.4) is 0 Å². The van der Waals surface area contributed by atoms with E-state index in [1.54, 1.807) is 35.1 Å². The van der Waals surface area contributed by atoms with E-state index in [0.717, 1.165) is 10.2 Å². The number of aryl methyl sites for hydroxylation is 1. The van der Waals surface area contributed by atoms with Crippen molar-refractivity contribution in [2.75, 3.05) is 5.32 Å².